The molecular weight excluding hydrogens is 371 g/mol. The number of nitrogens with zero attached hydrogens (tertiary/aromatic N) is 2. The van der Waals surface area contributed by atoms with Crippen molar-refractivity contribution >= 4 is 45.2 Å². The molecule has 0 radical (unpaired) electrons. The highest BCUT2D eigenvalue weighted by Gasteiger charge is 2.20. The summed E-state index contributed by atoms with van der Waals surface area (Å²) < 4.78 is 3.61. The van der Waals surface area contributed by atoms with E-state index >= 15 is 0 Å². The minimum Gasteiger partial charge on any atom is -0.328 e. The van der Waals surface area contributed by atoms with Crippen LogP contribution in [0.25, 0.3) is 11.0 Å². The number of hydrogen-bond donors (Lipinski definition) is 0. The van der Waals surface area contributed by atoms with Crippen molar-refractivity contribution in [3.63, 3.8) is 0 Å². The van der Waals surface area contributed by atoms with Gasteiger partial charge in [-0.15, -0.1) is 11.6 Å². The van der Waals surface area contributed by atoms with Gasteiger partial charge in [0.05, 0.1) is 11.0 Å². The van der Waals surface area contributed by atoms with E-state index < -0.39 is 0 Å². The van der Waals surface area contributed by atoms with Gasteiger partial charge in [0.15, 0.2) is 0 Å². The standard InChI is InChI=1S/C15H18ClIN2/c16-8-7-15-18-13-10-12(17)5-6-14(13)19(15)9-1-2-11-3-4-11/h5-6,10-11H,1-4,7-9H2. The summed E-state index contributed by atoms with van der Waals surface area (Å²) in [5.41, 5.74) is 2.37. The van der Waals surface area contributed by atoms with Crippen molar-refractivity contribution < 1.29 is 0 Å². The molecule has 3 rings (SSSR count). The molecule has 2 nitrogen and oxygen atoms in total. The first kappa shape index (κ1) is 13.7. The molecule has 1 aromatic carbocycles. The zero-order valence-electron chi connectivity index (χ0n) is 10.9. The first-order valence-corrected chi connectivity index (χ1v) is 8.60. The third-order valence-corrected chi connectivity index (χ3v) is 4.66. The molecule has 0 aliphatic heterocycles. The van der Waals surface area contributed by atoms with Gasteiger partial charge >= 0.3 is 0 Å². The van der Waals surface area contributed by atoms with Gasteiger partial charge in [-0.1, -0.05) is 12.8 Å². The Morgan fingerprint density at radius 3 is 2.95 bits per heavy atom. The minimum atomic E-state index is 0.642. The number of aryl methyl sites for hydroxylation is 2. The van der Waals surface area contributed by atoms with Crippen molar-refractivity contribution in [1.82, 2.24) is 9.55 Å². The zero-order chi connectivity index (χ0) is 13.2. The van der Waals surface area contributed by atoms with Crippen LogP contribution in [-0.4, -0.2) is 15.4 Å². The average Bonchev–Trinajstić information content (AvgIpc) is 3.14. The molecule has 0 amide bonds. The lowest BCUT2D eigenvalue weighted by atomic mass is 10.2. The van der Waals surface area contributed by atoms with E-state index in [4.69, 9.17) is 16.6 Å². The van der Waals surface area contributed by atoms with Crippen molar-refractivity contribution in [1.29, 1.82) is 0 Å². The van der Waals surface area contributed by atoms with Crippen LogP contribution in [0.1, 0.15) is 31.5 Å². The Morgan fingerprint density at radius 1 is 1.37 bits per heavy atom. The van der Waals surface area contributed by atoms with Crippen molar-refractivity contribution in [2.24, 2.45) is 5.92 Å². The van der Waals surface area contributed by atoms with Crippen molar-refractivity contribution in [2.75, 3.05) is 5.88 Å². The van der Waals surface area contributed by atoms with Crippen molar-refractivity contribution in [3.05, 3.63) is 27.6 Å². The quantitative estimate of drug-likeness (QED) is 0.522. The van der Waals surface area contributed by atoms with Crippen LogP contribution in [0.5, 0.6) is 0 Å². The van der Waals surface area contributed by atoms with Crippen LogP contribution >= 0.6 is 34.2 Å². The molecule has 1 aromatic heterocycles. The Bertz CT molecular complexity index is 575. The van der Waals surface area contributed by atoms with Gasteiger partial charge in [0.2, 0.25) is 0 Å². The van der Waals surface area contributed by atoms with Gasteiger partial charge < -0.3 is 4.57 Å². The van der Waals surface area contributed by atoms with Gasteiger partial charge in [0, 0.05) is 22.4 Å². The fourth-order valence-electron chi connectivity index (χ4n) is 2.62. The predicted octanol–water partition coefficient (Wildman–Crippen LogP) is 4.61. The molecule has 1 fully saturated rings. The summed E-state index contributed by atoms with van der Waals surface area (Å²) >= 11 is 8.25. The van der Waals surface area contributed by atoms with E-state index in [-0.39, 0.29) is 0 Å². The molecule has 2 aromatic rings. The molecule has 0 N–H and O–H groups in total. The molecule has 0 spiro atoms. The van der Waals surface area contributed by atoms with Crippen molar-refractivity contribution in [2.45, 2.75) is 38.6 Å². The number of hydrogen-bond acceptors (Lipinski definition) is 1. The Hall–Kier alpha value is -0.290. The molecule has 1 saturated carbocycles. The van der Waals surface area contributed by atoms with Gasteiger partial charge in [-0.3, -0.25) is 0 Å². The average molecular weight is 389 g/mol. The third-order valence-electron chi connectivity index (χ3n) is 3.80. The molecule has 1 aliphatic rings. The summed E-state index contributed by atoms with van der Waals surface area (Å²) in [5, 5.41) is 0. The van der Waals surface area contributed by atoms with E-state index in [1.165, 1.54) is 34.8 Å². The van der Waals surface area contributed by atoms with Gasteiger partial charge in [0.25, 0.3) is 0 Å². The topological polar surface area (TPSA) is 17.8 Å². The van der Waals surface area contributed by atoms with Crippen LogP contribution in [-0.2, 0) is 13.0 Å². The molecule has 19 heavy (non-hydrogen) atoms. The number of aromatic nitrogens is 2. The van der Waals surface area contributed by atoms with Gasteiger partial charge in [0.1, 0.15) is 5.82 Å². The van der Waals surface area contributed by atoms with E-state index in [9.17, 15) is 0 Å². The molecular formula is C15H18ClIN2. The monoisotopic (exact) mass is 388 g/mol. The molecule has 4 heteroatoms. The predicted molar refractivity (Wildman–Crippen MR) is 88.8 cm³/mol. The molecule has 0 bridgehead atoms. The number of alkyl halides is 1. The highest BCUT2D eigenvalue weighted by molar-refractivity contribution is 14.1. The number of benzene rings is 1. The van der Waals surface area contributed by atoms with Crippen LogP contribution in [0.3, 0.4) is 0 Å². The van der Waals surface area contributed by atoms with Gasteiger partial charge in [-0.2, -0.15) is 0 Å². The summed E-state index contributed by atoms with van der Waals surface area (Å²) in [6, 6.07) is 6.51. The maximum Gasteiger partial charge on any atom is 0.111 e. The highest BCUT2D eigenvalue weighted by Crippen LogP contribution is 2.33. The SMILES string of the molecule is ClCCc1nc2cc(I)ccc2n1CCCC1CC1. The summed E-state index contributed by atoms with van der Waals surface area (Å²) in [5.74, 6) is 2.79. The number of halogens is 2. The minimum absolute atomic E-state index is 0.642. The largest absolute Gasteiger partial charge is 0.328 e. The van der Waals surface area contributed by atoms with E-state index in [0.29, 0.717) is 5.88 Å². The summed E-state index contributed by atoms with van der Waals surface area (Å²) in [6.45, 7) is 1.08. The second-order valence-corrected chi connectivity index (χ2v) is 6.96. The zero-order valence-corrected chi connectivity index (χ0v) is 13.8. The lowest BCUT2D eigenvalue weighted by molar-refractivity contribution is 0.571. The van der Waals surface area contributed by atoms with E-state index in [0.717, 1.165) is 30.2 Å². The van der Waals surface area contributed by atoms with Gasteiger partial charge in [-0.05, 0) is 59.5 Å². The smallest absolute Gasteiger partial charge is 0.111 e. The van der Waals surface area contributed by atoms with Crippen molar-refractivity contribution in [3.8, 4) is 0 Å². The van der Waals surface area contributed by atoms with Gasteiger partial charge in [-0.25, -0.2) is 4.98 Å². The maximum absolute atomic E-state index is 5.91. The van der Waals surface area contributed by atoms with Crippen LogP contribution in [0.15, 0.2) is 18.2 Å². The van der Waals surface area contributed by atoms with E-state index in [2.05, 4.69) is 45.4 Å². The maximum atomic E-state index is 5.91. The first-order chi connectivity index (χ1) is 9.28. The Kier molecular flexibility index (Phi) is 4.32. The van der Waals surface area contributed by atoms with Crippen LogP contribution in [0, 0.1) is 9.49 Å². The summed E-state index contributed by atoms with van der Waals surface area (Å²) in [4.78, 5) is 4.75. The van der Waals surface area contributed by atoms with Crippen LogP contribution < -0.4 is 0 Å². The summed E-state index contributed by atoms with van der Waals surface area (Å²) in [6.07, 6.45) is 6.37. The Labute approximate surface area is 132 Å². The molecule has 102 valence electrons. The molecule has 0 unspecified atom stereocenters. The normalized spacial score (nSPS) is 15.3. The van der Waals surface area contributed by atoms with Crippen LogP contribution in [0.4, 0.5) is 0 Å². The first-order valence-electron chi connectivity index (χ1n) is 6.98. The second-order valence-electron chi connectivity index (χ2n) is 5.34. The lowest BCUT2D eigenvalue weighted by Gasteiger charge is -2.08. The Morgan fingerprint density at radius 2 is 2.21 bits per heavy atom. The number of rotatable bonds is 6. The molecule has 0 atom stereocenters. The number of imidazole rings is 1. The fraction of sp³-hybridized carbons (Fsp3) is 0.533. The Balaban J connectivity index is 1.86. The summed E-state index contributed by atoms with van der Waals surface area (Å²) in [7, 11) is 0. The highest BCUT2D eigenvalue weighted by atomic mass is 127. The number of fused-ring (bicyclic) bond motifs is 1. The second kappa shape index (κ2) is 6.00. The van der Waals surface area contributed by atoms with E-state index in [1.807, 2.05) is 0 Å². The molecule has 1 heterocycles. The third kappa shape index (κ3) is 3.24. The molecule has 0 saturated heterocycles. The fourth-order valence-corrected chi connectivity index (χ4v) is 3.27. The molecule has 1 aliphatic carbocycles. The van der Waals surface area contributed by atoms with E-state index in [1.54, 1.807) is 0 Å². The lowest BCUT2D eigenvalue weighted by Crippen LogP contribution is -2.05. The van der Waals surface area contributed by atoms with Crippen LogP contribution in [0.2, 0.25) is 0 Å².